The Bertz CT molecular complexity index is 821. The highest BCUT2D eigenvalue weighted by molar-refractivity contribution is 6.33. The molecule has 0 aromatic heterocycles. The summed E-state index contributed by atoms with van der Waals surface area (Å²) in [7, 11) is 0. The molecule has 1 aromatic carbocycles. The van der Waals surface area contributed by atoms with Gasteiger partial charge < -0.3 is 15.4 Å². The molecule has 2 rings (SSSR count). The average molecular weight is 405 g/mol. The molecular formula is C17H16ClF3N2O4. The molecule has 2 N–H and O–H groups in total. The van der Waals surface area contributed by atoms with E-state index in [0.29, 0.717) is 6.07 Å². The summed E-state index contributed by atoms with van der Waals surface area (Å²) in [5, 5.41) is 4.59. The Morgan fingerprint density at radius 3 is 2.63 bits per heavy atom. The molecule has 1 atom stereocenters. The molecule has 10 heteroatoms. The Kier molecular flexibility index (Phi) is 6.15. The van der Waals surface area contributed by atoms with E-state index in [-0.39, 0.29) is 35.0 Å². The van der Waals surface area contributed by atoms with Crippen molar-refractivity contribution in [3.8, 4) is 0 Å². The summed E-state index contributed by atoms with van der Waals surface area (Å²) in [5.41, 5.74) is -1.18. The quantitative estimate of drug-likeness (QED) is 0.754. The predicted octanol–water partition coefficient (Wildman–Crippen LogP) is 3.27. The third-order valence-corrected chi connectivity index (χ3v) is 4.16. The molecule has 0 bridgehead atoms. The van der Waals surface area contributed by atoms with E-state index in [0.717, 1.165) is 12.1 Å². The minimum atomic E-state index is -4.62. The first kappa shape index (κ1) is 20.8. The number of carbonyl (C=O) groups excluding carboxylic acids is 3. The maximum Gasteiger partial charge on any atom is 0.416 e. The lowest BCUT2D eigenvalue weighted by Gasteiger charge is -2.25. The number of allylic oxidation sites excluding steroid dienone is 1. The lowest BCUT2D eigenvalue weighted by atomic mass is 9.89. The Balaban J connectivity index is 2.34. The van der Waals surface area contributed by atoms with Gasteiger partial charge in [-0.1, -0.05) is 11.6 Å². The molecule has 146 valence electrons. The van der Waals surface area contributed by atoms with Gasteiger partial charge in [-0.05, 0) is 32.0 Å². The third-order valence-electron chi connectivity index (χ3n) is 3.83. The highest BCUT2D eigenvalue weighted by Gasteiger charge is 2.37. The number of anilines is 1. The summed E-state index contributed by atoms with van der Waals surface area (Å²) in [6.07, 6.45) is -4.98. The van der Waals surface area contributed by atoms with Crippen LogP contribution in [0.15, 0.2) is 29.5 Å². The van der Waals surface area contributed by atoms with Gasteiger partial charge in [-0.2, -0.15) is 13.2 Å². The molecule has 1 aliphatic rings. The SMILES string of the molecule is CCOC(=O)C1=C(C)NC(=O)C[C@@H]1C(=O)Nc1cc(C(F)(F)F)ccc1Cl. The van der Waals surface area contributed by atoms with Crippen molar-refractivity contribution in [2.45, 2.75) is 26.4 Å². The second-order valence-electron chi connectivity index (χ2n) is 5.75. The average Bonchev–Trinajstić information content (AvgIpc) is 2.55. The molecule has 0 spiro atoms. The Hall–Kier alpha value is -2.55. The van der Waals surface area contributed by atoms with Gasteiger partial charge >= 0.3 is 12.1 Å². The lowest BCUT2D eigenvalue weighted by Crippen LogP contribution is -2.40. The van der Waals surface area contributed by atoms with Gasteiger partial charge in [0.25, 0.3) is 0 Å². The van der Waals surface area contributed by atoms with Gasteiger partial charge in [-0.3, -0.25) is 9.59 Å². The van der Waals surface area contributed by atoms with Gasteiger partial charge in [0.1, 0.15) is 0 Å². The molecule has 1 heterocycles. The molecule has 0 saturated heterocycles. The summed E-state index contributed by atoms with van der Waals surface area (Å²) in [5.74, 6) is -3.35. The van der Waals surface area contributed by atoms with Crippen LogP contribution < -0.4 is 10.6 Å². The standard InChI is InChI=1S/C17H16ClF3N2O4/c1-3-27-16(26)14-8(2)22-13(24)7-10(14)15(25)23-12-6-9(17(19,20)21)4-5-11(12)18/h4-6,10H,3,7H2,1-2H3,(H,22,24)(H,23,25)/t10-/m0/s1. The normalized spacial score (nSPS) is 17.4. The number of hydrogen-bond donors (Lipinski definition) is 2. The number of carbonyl (C=O) groups is 3. The molecule has 0 unspecified atom stereocenters. The number of alkyl halides is 3. The number of esters is 1. The van der Waals surface area contributed by atoms with Crippen LogP contribution in [0.25, 0.3) is 0 Å². The van der Waals surface area contributed by atoms with Crippen LogP contribution in [0.1, 0.15) is 25.8 Å². The van der Waals surface area contributed by atoms with E-state index >= 15 is 0 Å². The predicted molar refractivity (Wildman–Crippen MR) is 90.7 cm³/mol. The largest absolute Gasteiger partial charge is 0.463 e. The first-order valence-electron chi connectivity index (χ1n) is 7.90. The van der Waals surface area contributed by atoms with Crippen molar-refractivity contribution in [2.24, 2.45) is 5.92 Å². The number of ether oxygens (including phenoxy) is 1. The fourth-order valence-corrected chi connectivity index (χ4v) is 2.79. The molecule has 0 radical (unpaired) electrons. The van der Waals surface area contributed by atoms with Crippen LogP contribution >= 0.6 is 11.6 Å². The van der Waals surface area contributed by atoms with Crippen LogP contribution in [0.3, 0.4) is 0 Å². The van der Waals surface area contributed by atoms with Crippen LogP contribution in [0.5, 0.6) is 0 Å². The van der Waals surface area contributed by atoms with Crippen LogP contribution in [0.4, 0.5) is 18.9 Å². The zero-order valence-electron chi connectivity index (χ0n) is 14.4. The molecule has 0 fully saturated rings. The summed E-state index contributed by atoms with van der Waals surface area (Å²) in [6, 6.07) is 2.46. The fraction of sp³-hybridized carbons (Fsp3) is 0.353. The molecule has 27 heavy (non-hydrogen) atoms. The van der Waals surface area contributed by atoms with E-state index in [2.05, 4.69) is 10.6 Å². The number of halogens is 4. The molecule has 2 amide bonds. The smallest absolute Gasteiger partial charge is 0.416 e. The Morgan fingerprint density at radius 1 is 1.37 bits per heavy atom. The van der Waals surface area contributed by atoms with Crippen molar-refractivity contribution in [3.05, 3.63) is 40.1 Å². The number of nitrogens with one attached hydrogen (secondary N) is 2. The summed E-state index contributed by atoms with van der Waals surface area (Å²) in [4.78, 5) is 36.5. The molecule has 0 saturated carbocycles. The van der Waals surface area contributed by atoms with Gasteiger partial charge in [-0.25, -0.2) is 4.79 Å². The second kappa shape index (κ2) is 7.99. The molecule has 0 aliphatic carbocycles. The van der Waals surface area contributed by atoms with Gasteiger partial charge in [-0.15, -0.1) is 0 Å². The van der Waals surface area contributed by atoms with E-state index in [4.69, 9.17) is 16.3 Å². The molecule has 1 aromatic rings. The lowest BCUT2D eigenvalue weighted by molar-refractivity contribution is -0.141. The van der Waals surface area contributed by atoms with Gasteiger partial charge in [0.15, 0.2) is 0 Å². The van der Waals surface area contributed by atoms with Crippen LogP contribution in [0, 0.1) is 5.92 Å². The molecule has 1 aliphatic heterocycles. The maximum atomic E-state index is 12.9. The first-order chi connectivity index (χ1) is 12.5. The van der Waals surface area contributed by atoms with Crippen molar-refractivity contribution in [1.82, 2.24) is 5.32 Å². The first-order valence-corrected chi connectivity index (χ1v) is 8.27. The van der Waals surface area contributed by atoms with Crippen molar-refractivity contribution in [3.63, 3.8) is 0 Å². The summed E-state index contributed by atoms with van der Waals surface area (Å²) in [6.45, 7) is 3.06. The second-order valence-corrected chi connectivity index (χ2v) is 6.15. The third kappa shape index (κ3) is 4.79. The summed E-state index contributed by atoms with van der Waals surface area (Å²) >= 11 is 5.87. The van der Waals surface area contributed by atoms with Crippen molar-refractivity contribution >= 4 is 35.1 Å². The van der Waals surface area contributed by atoms with E-state index in [9.17, 15) is 27.6 Å². The van der Waals surface area contributed by atoms with E-state index in [1.54, 1.807) is 6.92 Å². The Morgan fingerprint density at radius 2 is 2.04 bits per heavy atom. The van der Waals surface area contributed by atoms with Crippen LogP contribution in [0.2, 0.25) is 5.02 Å². The van der Waals surface area contributed by atoms with E-state index in [1.165, 1.54) is 6.92 Å². The highest BCUT2D eigenvalue weighted by Crippen LogP contribution is 2.34. The van der Waals surface area contributed by atoms with Gasteiger partial charge in [0.2, 0.25) is 11.8 Å². The number of amides is 2. The molecular weight excluding hydrogens is 389 g/mol. The topological polar surface area (TPSA) is 84.5 Å². The highest BCUT2D eigenvalue weighted by atomic mass is 35.5. The minimum absolute atomic E-state index is 0.0529. The van der Waals surface area contributed by atoms with Gasteiger partial charge in [0.05, 0.1) is 34.4 Å². The number of benzene rings is 1. The minimum Gasteiger partial charge on any atom is -0.463 e. The van der Waals surface area contributed by atoms with Crippen molar-refractivity contribution in [2.75, 3.05) is 11.9 Å². The van der Waals surface area contributed by atoms with Crippen molar-refractivity contribution in [1.29, 1.82) is 0 Å². The Labute approximate surface area is 157 Å². The van der Waals surface area contributed by atoms with Crippen molar-refractivity contribution < 1.29 is 32.3 Å². The molecule has 6 nitrogen and oxygen atoms in total. The van der Waals surface area contributed by atoms with Crippen LogP contribution in [-0.4, -0.2) is 24.4 Å². The number of rotatable bonds is 4. The summed E-state index contributed by atoms with van der Waals surface area (Å²) < 4.78 is 43.5. The monoisotopic (exact) mass is 404 g/mol. The van der Waals surface area contributed by atoms with Crippen LogP contribution in [-0.2, 0) is 25.3 Å². The maximum absolute atomic E-state index is 12.9. The van der Waals surface area contributed by atoms with E-state index in [1.807, 2.05) is 0 Å². The van der Waals surface area contributed by atoms with E-state index < -0.39 is 35.4 Å². The zero-order chi connectivity index (χ0) is 20.4. The number of hydrogen-bond acceptors (Lipinski definition) is 4. The van der Waals surface area contributed by atoms with Gasteiger partial charge in [0, 0.05) is 12.1 Å². The fourth-order valence-electron chi connectivity index (χ4n) is 2.62. The zero-order valence-corrected chi connectivity index (χ0v) is 15.1.